The highest BCUT2D eigenvalue weighted by atomic mass is 16.2. The molecule has 0 aliphatic carbocycles. The molecule has 6 nitrogen and oxygen atoms in total. The Bertz CT molecular complexity index is 475. The molecule has 3 N–H and O–H groups in total. The van der Waals surface area contributed by atoms with E-state index in [1.165, 1.54) is 0 Å². The molecule has 19 heavy (non-hydrogen) atoms. The third-order valence-electron chi connectivity index (χ3n) is 2.91. The third-order valence-corrected chi connectivity index (χ3v) is 2.91. The van der Waals surface area contributed by atoms with Crippen molar-refractivity contribution in [3.8, 4) is 0 Å². The fraction of sp³-hybridized carbons (Fsp3) is 0.462. The van der Waals surface area contributed by atoms with E-state index in [2.05, 4.69) is 20.9 Å². The Kier molecular flexibility index (Phi) is 4.33. The monoisotopic (exact) mass is 262 g/mol. The number of nitrogens with zero attached hydrogens (tertiary/aromatic N) is 1. The van der Waals surface area contributed by atoms with Gasteiger partial charge in [0.05, 0.1) is 11.6 Å². The van der Waals surface area contributed by atoms with E-state index in [1.54, 1.807) is 18.3 Å². The van der Waals surface area contributed by atoms with Crippen LogP contribution in [0.2, 0.25) is 0 Å². The van der Waals surface area contributed by atoms with Gasteiger partial charge in [-0.3, -0.25) is 9.59 Å². The summed E-state index contributed by atoms with van der Waals surface area (Å²) in [7, 11) is 0. The summed E-state index contributed by atoms with van der Waals surface area (Å²) < 4.78 is 0. The summed E-state index contributed by atoms with van der Waals surface area (Å²) in [5.41, 5.74) is 0.510. The van der Waals surface area contributed by atoms with Gasteiger partial charge in [-0.25, -0.2) is 4.98 Å². The SMILES string of the molecule is CCCNc1ncccc1C(=O)NC1CNC(=O)C1. The van der Waals surface area contributed by atoms with Crippen molar-refractivity contribution in [3.63, 3.8) is 0 Å². The highest BCUT2D eigenvalue weighted by Gasteiger charge is 2.24. The van der Waals surface area contributed by atoms with Crippen LogP contribution in [0.5, 0.6) is 0 Å². The number of hydrogen-bond acceptors (Lipinski definition) is 4. The first-order chi connectivity index (χ1) is 9.20. The molecule has 0 aromatic carbocycles. The number of aromatic nitrogens is 1. The van der Waals surface area contributed by atoms with Crippen molar-refractivity contribution < 1.29 is 9.59 Å². The number of carbonyl (C=O) groups is 2. The summed E-state index contributed by atoms with van der Waals surface area (Å²) in [6.07, 6.45) is 2.94. The molecule has 1 aromatic rings. The van der Waals surface area contributed by atoms with Crippen LogP contribution in [0.4, 0.5) is 5.82 Å². The Hall–Kier alpha value is -2.11. The molecule has 2 heterocycles. The Morgan fingerprint density at radius 3 is 3.11 bits per heavy atom. The fourth-order valence-corrected chi connectivity index (χ4v) is 1.94. The Balaban J connectivity index is 2.03. The molecule has 1 unspecified atom stereocenters. The van der Waals surface area contributed by atoms with E-state index in [-0.39, 0.29) is 17.9 Å². The lowest BCUT2D eigenvalue weighted by Gasteiger charge is -2.13. The second-order valence-corrected chi connectivity index (χ2v) is 4.50. The minimum atomic E-state index is -0.201. The number of hydrogen-bond donors (Lipinski definition) is 3. The highest BCUT2D eigenvalue weighted by molar-refractivity contribution is 5.99. The van der Waals surface area contributed by atoms with E-state index < -0.39 is 0 Å². The second kappa shape index (κ2) is 6.17. The van der Waals surface area contributed by atoms with Gasteiger partial charge in [-0.05, 0) is 18.6 Å². The number of nitrogens with one attached hydrogen (secondary N) is 3. The Morgan fingerprint density at radius 2 is 2.42 bits per heavy atom. The van der Waals surface area contributed by atoms with Crippen molar-refractivity contribution in [3.05, 3.63) is 23.9 Å². The van der Waals surface area contributed by atoms with Crippen LogP contribution < -0.4 is 16.0 Å². The Morgan fingerprint density at radius 1 is 1.58 bits per heavy atom. The molecule has 1 fully saturated rings. The van der Waals surface area contributed by atoms with Gasteiger partial charge in [0.1, 0.15) is 5.82 Å². The average Bonchev–Trinajstić information content (AvgIpc) is 2.82. The largest absolute Gasteiger partial charge is 0.369 e. The van der Waals surface area contributed by atoms with Crippen molar-refractivity contribution in [1.82, 2.24) is 15.6 Å². The average molecular weight is 262 g/mol. The molecule has 2 amide bonds. The molecule has 0 bridgehead atoms. The van der Waals surface area contributed by atoms with Gasteiger partial charge in [-0.15, -0.1) is 0 Å². The molecular weight excluding hydrogens is 244 g/mol. The van der Waals surface area contributed by atoms with E-state index in [0.717, 1.165) is 13.0 Å². The summed E-state index contributed by atoms with van der Waals surface area (Å²) in [6, 6.07) is 3.31. The fourth-order valence-electron chi connectivity index (χ4n) is 1.94. The van der Waals surface area contributed by atoms with Crippen LogP contribution in [-0.4, -0.2) is 35.9 Å². The lowest BCUT2D eigenvalue weighted by atomic mass is 10.2. The summed E-state index contributed by atoms with van der Waals surface area (Å²) >= 11 is 0. The summed E-state index contributed by atoms with van der Waals surface area (Å²) in [6.45, 7) is 3.30. The molecule has 1 aromatic heterocycles. The molecule has 102 valence electrons. The summed E-state index contributed by atoms with van der Waals surface area (Å²) in [4.78, 5) is 27.4. The van der Waals surface area contributed by atoms with Crippen LogP contribution in [0, 0.1) is 0 Å². The first-order valence-corrected chi connectivity index (χ1v) is 6.47. The summed E-state index contributed by atoms with van der Waals surface area (Å²) in [5.74, 6) is 0.355. The molecule has 1 atom stereocenters. The van der Waals surface area contributed by atoms with Crippen LogP contribution in [0.3, 0.4) is 0 Å². The summed E-state index contributed by atoms with van der Waals surface area (Å²) in [5, 5.41) is 8.65. The predicted octanol–water partition coefficient (Wildman–Crippen LogP) is 0.522. The van der Waals surface area contributed by atoms with E-state index in [0.29, 0.717) is 24.3 Å². The first kappa shape index (κ1) is 13.3. The van der Waals surface area contributed by atoms with Crippen molar-refractivity contribution in [1.29, 1.82) is 0 Å². The smallest absolute Gasteiger partial charge is 0.255 e. The number of amides is 2. The second-order valence-electron chi connectivity index (χ2n) is 4.50. The molecule has 2 rings (SSSR count). The number of carbonyl (C=O) groups excluding carboxylic acids is 2. The van der Waals surface area contributed by atoms with E-state index >= 15 is 0 Å². The Labute approximate surface area is 112 Å². The lowest BCUT2D eigenvalue weighted by Crippen LogP contribution is -2.36. The predicted molar refractivity (Wildman–Crippen MR) is 71.9 cm³/mol. The molecule has 0 saturated carbocycles. The maximum absolute atomic E-state index is 12.2. The molecule has 6 heteroatoms. The van der Waals surface area contributed by atoms with Crippen LogP contribution in [0.15, 0.2) is 18.3 Å². The van der Waals surface area contributed by atoms with E-state index in [1.807, 2.05) is 6.92 Å². The molecular formula is C13H18N4O2. The number of pyridine rings is 1. The molecule has 1 saturated heterocycles. The normalized spacial score (nSPS) is 17.9. The van der Waals surface area contributed by atoms with Gasteiger partial charge in [-0.1, -0.05) is 6.92 Å². The van der Waals surface area contributed by atoms with Gasteiger partial charge in [0.25, 0.3) is 5.91 Å². The van der Waals surface area contributed by atoms with Gasteiger partial charge in [0.15, 0.2) is 0 Å². The van der Waals surface area contributed by atoms with Crippen molar-refractivity contribution in [2.45, 2.75) is 25.8 Å². The molecule has 1 aliphatic heterocycles. The molecule has 0 spiro atoms. The highest BCUT2D eigenvalue weighted by Crippen LogP contribution is 2.12. The maximum atomic E-state index is 12.2. The zero-order valence-corrected chi connectivity index (χ0v) is 10.9. The number of rotatable bonds is 5. The minimum absolute atomic E-state index is 0.0270. The topological polar surface area (TPSA) is 83.1 Å². The lowest BCUT2D eigenvalue weighted by molar-refractivity contribution is -0.119. The van der Waals surface area contributed by atoms with Crippen LogP contribution >= 0.6 is 0 Å². The molecule has 1 aliphatic rings. The number of anilines is 1. The van der Waals surface area contributed by atoms with Gasteiger partial charge in [0, 0.05) is 25.7 Å². The maximum Gasteiger partial charge on any atom is 0.255 e. The first-order valence-electron chi connectivity index (χ1n) is 6.47. The van der Waals surface area contributed by atoms with Crippen molar-refractivity contribution in [2.24, 2.45) is 0 Å². The van der Waals surface area contributed by atoms with Crippen LogP contribution in [-0.2, 0) is 4.79 Å². The van der Waals surface area contributed by atoms with Crippen molar-refractivity contribution in [2.75, 3.05) is 18.4 Å². The van der Waals surface area contributed by atoms with Crippen molar-refractivity contribution >= 4 is 17.6 Å². The zero-order chi connectivity index (χ0) is 13.7. The van der Waals surface area contributed by atoms with Crippen LogP contribution in [0.25, 0.3) is 0 Å². The zero-order valence-electron chi connectivity index (χ0n) is 10.9. The quantitative estimate of drug-likeness (QED) is 0.722. The standard InChI is InChI=1S/C13H18N4O2/c1-2-5-14-12-10(4-3-6-15-12)13(19)17-9-7-11(18)16-8-9/h3-4,6,9H,2,5,7-8H2,1H3,(H,14,15)(H,16,18)(H,17,19). The molecule has 0 radical (unpaired) electrons. The van der Waals surface area contributed by atoms with Gasteiger partial charge < -0.3 is 16.0 Å². The van der Waals surface area contributed by atoms with E-state index in [9.17, 15) is 9.59 Å². The van der Waals surface area contributed by atoms with Gasteiger partial charge in [0.2, 0.25) is 5.91 Å². The van der Waals surface area contributed by atoms with Crippen LogP contribution in [0.1, 0.15) is 30.1 Å². The third kappa shape index (κ3) is 3.43. The van der Waals surface area contributed by atoms with Gasteiger partial charge >= 0.3 is 0 Å². The minimum Gasteiger partial charge on any atom is -0.369 e. The van der Waals surface area contributed by atoms with E-state index in [4.69, 9.17) is 0 Å². The van der Waals surface area contributed by atoms with Gasteiger partial charge in [-0.2, -0.15) is 0 Å².